The van der Waals surface area contributed by atoms with Gasteiger partial charge in [-0.05, 0) is 55.8 Å². The third-order valence-corrected chi connectivity index (χ3v) is 5.08. The zero-order chi connectivity index (χ0) is 18.5. The number of nitrogens with zero attached hydrogens (tertiary/aromatic N) is 2. The highest BCUT2D eigenvalue weighted by molar-refractivity contribution is 7.16. The lowest BCUT2D eigenvalue weighted by atomic mass is 10.2. The molecule has 0 spiro atoms. The van der Waals surface area contributed by atoms with Gasteiger partial charge < -0.3 is 14.0 Å². The van der Waals surface area contributed by atoms with Crippen LogP contribution >= 0.6 is 11.3 Å². The molecule has 1 amide bonds. The van der Waals surface area contributed by atoms with Crippen LogP contribution in [0.4, 0.5) is 0 Å². The van der Waals surface area contributed by atoms with Crippen LogP contribution in [0, 0.1) is 6.92 Å². The zero-order valence-electron chi connectivity index (χ0n) is 15.2. The van der Waals surface area contributed by atoms with Gasteiger partial charge in [-0.3, -0.25) is 4.79 Å². The van der Waals surface area contributed by atoms with E-state index < -0.39 is 0 Å². The molecule has 0 bridgehead atoms. The Morgan fingerprint density at radius 2 is 1.96 bits per heavy atom. The Morgan fingerprint density at radius 1 is 1.19 bits per heavy atom. The Bertz CT molecular complexity index is 971. The first-order valence-electron chi connectivity index (χ1n) is 8.53. The van der Waals surface area contributed by atoms with Crippen molar-refractivity contribution in [3.8, 4) is 5.75 Å². The highest BCUT2D eigenvalue weighted by Gasteiger charge is 2.10. The van der Waals surface area contributed by atoms with Crippen LogP contribution in [-0.4, -0.2) is 30.8 Å². The molecule has 0 aliphatic carbocycles. The maximum atomic E-state index is 12.6. The van der Waals surface area contributed by atoms with Crippen molar-refractivity contribution in [2.45, 2.75) is 20.4 Å². The minimum Gasteiger partial charge on any atom is -0.497 e. The summed E-state index contributed by atoms with van der Waals surface area (Å²) in [6, 6.07) is 13.2. The van der Waals surface area contributed by atoms with Gasteiger partial charge in [0.15, 0.2) is 4.80 Å². The Kier molecular flexibility index (Phi) is 5.85. The molecule has 2 aromatic carbocycles. The standard InChI is InChI=1S/C20H22N2O3S/c1-4-25-12-11-22-17-10-5-14(2)13-18(17)26-20(22)21-19(23)15-6-8-16(24-3)9-7-15/h5-10,13H,4,11-12H2,1-3H3. The number of carbonyl (C=O) groups excluding carboxylic acids is 1. The Hall–Kier alpha value is -2.44. The summed E-state index contributed by atoms with van der Waals surface area (Å²) in [5, 5.41) is 0. The van der Waals surface area contributed by atoms with E-state index in [4.69, 9.17) is 9.47 Å². The van der Waals surface area contributed by atoms with Crippen LogP contribution in [0.15, 0.2) is 47.5 Å². The first kappa shape index (κ1) is 18.4. The number of ether oxygens (including phenoxy) is 2. The smallest absolute Gasteiger partial charge is 0.279 e. The van der Waals surface area contributed by atoms with E-state index in [1.54, 1.807) is 31.4 Å². The Balaban J connectivity index is 2.01. The topological polar surface area (TPSA) is 52.8 Å². The summed E-state index contributed by atoms with van der Waals surface area (Å²) >= 11 is 1.52. The van der Waals surface area contributed by atoms with E-state index in [1.165, 1.54) is 16.9 Å². The Morgan fingerprint density at radius 3 is 2.65 bits per heavy atom. The number of hydrogen-bond donors (Lipinski definition) is 0. The summed E-state index contributed by atoms with van der Waals surface area (Å²) in [5.41, 5.74) is 2.79. The first-order chi connectivity index (χ1) is 12.6. The molecule has 0 saturated carbocycles. The number of fused-ring (bicyclic) bond motifs is 1. The number of carbonyl (C=O) groups is 1. The molecule has 1 heterocycles. The number of aromatic nitrogens is 1. The maximum absolute atomic E-state index is 12.6. The molecule has 6 heteroatoms. The van der Waals surface area contributed by atoms with Crippen LogP contribution in [-0.2, 0) is 11.3 Å². The van der Waals surface area contributed by atoms with Gasteiger partial charge in [-0.2, -0.15) is 4.99 Å². The molecule has 0 saturated heterocycles. The van der Waals surface area contributed by atoms with Gasteiger partial charge in [0, 0.05) is 18.7 Å². The fourth-order valence-corrected chi connectivity index (χ4v) is 3.82. The van der Waals surface area contributed by atoms with Crippen molar-refractivity contribution < 1.29 is 14.3 Å². The highest BCUT2D eigenvalue weighted by Crippen LogP contribution is 2.19. The van der Waals surface area contributed by atoms with E-state index in [2.05, 4.69) is 34.7 Å². The number of hydrogen-bond acceptors (Lipinski definition) is 4. The normalized spacial score (nSPS) is 11.9. The maximum Gasteiger partial charge on any atom is 0.279 e. The molecule has 0 N–H and O–H groups in total. The number of aryl methyl sites for hydroxylation is 1. The van der Waals surface area contributed by atoms with Crippen molar-refractivity contribution in [1.82, 2.24) is 4.57 Å². The molecule has 3 aromatic rings. The Labute approximate surface area is 156 Å². The van der Waals surface area contributed by atoms with Gasteiger partial charge in [0.1, 0.15) is 5.75 Å². The molecule has 5 nitrogen and oxygen atoms in total. The second-order valence-corrected chi connectivity index (χ2v) is 6.86. The molecule has 0 aliphatic rings. The number of thiazole rings is 1. The molecule has 3 rings (SSSR count). The van der Waals surface area contributed by atoms with Crippen LogP contribution in [0.1, 0.15) is 22.8 Å². The number of benzene rings is 2. The summed E-state index contributed by atoms with van der Waals surface area (Å²) in [6.07, 6.45) is 0. The van der Waals surface area contributed by atoms with Crippen LogP contribution < -0.4 is 9.54 Å². The van der Waals surface area contributed by atoms with E-state index in [-0.39, 0.29) is 5.91 Å². The molecular formula is C20H22N2O3S. The molecule has 26 heavy (non-hydrogen) atoms. The van der Waals surface area contributed by atoms with Gasteiger partial charge in [-0.25, -0.2) is 0 Å². The molecular weight excluding hydrogens is 348 g/mol. The lowest BCUT2D eigenvalue weighted by Gasteiger charge is -2.05. The second-order valence-electron chi connectivity index (χ2n) is 5.85. The SMILES string of the molecule is CCOCCn1c(=NC(=O)c2ccc(OC)cc2)sc2cc(C)ccc21. The average Bonchev–Trinajstić information content (AvgIpc) is 2.98. The third kappa shape index (κ3) is 4.03. The fourth-order valence-electron chi connectivity index (χ4n) is 2.67. The summed E-state index contributed by atoms with van der Waals surface area (Å²) < 4.78 is 13.8. The summed E-state index contributed by atoms with van der Waals surface area (Å²) in [6.45, 7) is 5.94. The second kappa shape index (κ2) is 8.29. The van der Waals surface area contributed by atoms with Gasteiger partial charge in [-0.15, -0.1) is 0 Å². The van der Waals surface area contributed by atoms with Crippen LogP contribution in [0.3, 0.4) is 0 Å². The molecule has 0 atom stereocenters. The van der Waals surface area contributed by atoms with Crippen molar-refractivity contribution >= 4 is 27.5 Å². The van der Waals surface area contributed by atoms with E-state index in [0.29, 0.717) is 35.9 Å². The monoisotopic (exact) mass is 370 g/mol. The molecule has 0 radical (unpaired) electrons. The molecule has 136 valence electrons. The van der Waals surface area contributed by atoms with Crippen LogP contribution in [0.25, 0.3) is 10.2 Å². The van der Waals surface area contributed by atoms with Crippen molar-refractivity contribution in [2.75, 3.05) is 20.3 Å². The molecule has 1 aromatic heterocycles. The van der Waals surface area contributed by atoms with Gasteiger partial charge >= 0.3 is 0 Å². The van der Waals surface area contributed by atoms with Crippen molar-refractivity contribution in [3.05, 3.63) is 58.4 Å². The average molecular weight is 370 g/mol. The third-order valence-electron chi connectivity index (χ3n) is 4.04. The van der Waals surface area contributed by atoms with Gasteiger partial charge in [0.25, 0.3) is 5.91 Å². The number of amides is 1. The predicted octanol–water partition coefficient (Wildman–Crippen LogP) is 3.80. The summed E-state index contributed by atoms with van der Waals surface area (Å²) in [5.74, 6) is 0.451. The van der Waals surface area contributed by atoms with E-state index in [1.807, 2.05) is 6.92 Å². The van der Waals surface area contributed by atoms with E-state index >= 15 is 0 Å². The van der Waals surface area contributed by atoms with Crippen molar-refractivity contribution in [1.29, 1.82) is 0 Å². The summed E-state index contributed by atoms with van der Waals surface area (Å²) in [7, 11) is 1.60. The van der Waals surface area contributed by atoms with E-state index in [0.717, 1.165) is 10.2 Å². The largest absolute Gasteiger partial charge is 0.497 e. The van der Waals surface area contributed by atoms with E-state index in [9.17, 15) is 4.79 Å². The van der Waals surface area contributed by atoms with Gasteiger partial charge in [0.2, 0.25) is 0 Å². The molecule has 0 aliphatic heterocycles. The van der Waals surface area contributed by atoms with Crippen molar-refractivity contribution in [2.24, 2.45) is 4.99 Å². The first-order valence-corrected chi connectivity index (χ1v) is 9.35. The van der Waals surface area contributed by atoms with Crippen molar-refractivity contribution in [3.63, 3.8) is 0 Å². The minimum atomic E-state index is -0.263. The van der Waals surface area contributed by atoms with Crippen LogP contribution in [0.5, 0.6) is 5.75 Å². The lowest BCUT2D eigenvalue weighted by Crippen LogP contribution is -2.19. The number of rotatable bonds is 6. The highest BCUT2D eigenvalue weighted by atomic mass is 32.1. The molecule has 0 fully saturated rings. The zero-order valence-corrected chi connectivity index (χ0v) is 16.0. The fraction of sp³-hybridized carbons (Fsp3) is 0.300. The van der Waals surface area contributed by atoms with Crippen LogP contribution in [0.2, 0.25) is 0 Å². The molecule has 0 unspecified atom stereocenters. The number of methoxy groups -OCH3 is 1. The quantitative estimate of drug-likeness (QED) is 0.620. The van der Waals surface area contributed by atoms with Gasteiger partial charge in [0.05, 0.1) is 23.9 Å². The predicted molar refractivity (Wildman–Crippen MR) is 104 cm³/mol. The summed E-state index contributed by atoms with van der Waals surface area (Å²) in [4.78, 5) is 17.7. The minimum absolute atomic E-state index is 0.263. The van der Waals surface area contributed by atoms with Gasteiger partial charge in [-0.1, -0.05) is 17.4 Å². The lowest BCUT2D eigenvalue weighted by molar-refractivity contribution is 0.0996.